The van der Waals surface area contributed by atoms with E-state index in [0.29, 0.717) is 19.2 Å². The molecule has 0 fully saturated rings. The van der Waals surface area contributed by atoms with Crippen LogP contribution < -0.4 is 10.5 Å². The minimum absolute atomic E-state index is 0.367. The van der Waals surface area contributed by atoms with Crippen LogP contribution in [0.3, 0.4) is 0 Å². The van der Waals surface area contributed by atoms with Gasteiger partial charge in [-0.15, -0.1) is 0 Å². The fourth-order valence-corrected chi connectivity index (χ4v) is 1.97. The van der Waals surface area contributed by atoms with Crippen LogP contribution >= 0.6 is 0 Å². The van der Waals surface area contributed by atoms with E-state index in [9.17, 15) is 0 Å². The number of nitrogens with zero attached hydrogens (tertiary/aromatic N) is 2. The van der Waals surface area contributed by atoms with Crippen LogP contribution in [0.25, 0.3) is 0 Å². The molecule has 4 nitrogen and oxygen atoms in total. The molecule has 0 atom stereocenters. The molecule has 1 aromatic heterocycles. The second-order valence-electron chi connectivity index (χ2n) is 4.94. The zero-order valence-electron chi connectivity index (χ0n) is 11.8. The monoisotopic (exact) mass is 259 g/mol. The second-order valence-corrected chi connectivity index (χ2v) is 4.94. The molecule has 0 aliphatic carbocycles. The van der Waals surface area contributed by atoms with Gasteiger partial charge in [0.25, 0.3) is 0 Å². The average Bonchev–Trinajstić information content (AvgIpc) is 2.86. The Balaban J connectivity index is 2.09. The zero-order valence-corrected chi connectivity index (χ0v) is 11.8. The molecule has 0 radical (unpaired) electrons. The molecule has 0 spiro atoms. The summed E-state index contributed by atoms with van der Waals surface area (Å²) in [5.74, 6) is 0.879. The lowest BCUT2D eigenvalue weighted by Crippen LogP contribution is -2.06. The predicted molar refractivity (Wildman–Crippen MR) is 76.0 cm³/mol. The number of benzene rings is 1. The Morgan fingerprint density at radius 1 is 1.32 bits per heavy atom. The van der Waals surface area contributed by atoms with Crippen molar-refractivity contribution in [3.05, 3.63) is 47.3 Å². The maximum absolute atomic E-state index is 5.88. The highest BCUT2D eigenvalue weighted by Crippen LogP contribution is 2.23. The summed E-state index contributed by atoms with van der Waals surface area (Å²) in [6, 6.07) is 8.38. The van der Waals surface area contributed by atoms with E-state index in [0.717, 1.165) is 22.6 Å². The van der Waals surface area contributed by atoms with E-state index in [1.807, 2.05) is 42.1 Å². The lowest BCUT2D eigenvalue weighted by molar-refractivity contribution is 0.293. The summed E-state index contributed by atoms with van der Waals surface area (Å²) in [6.07, 6.45) is 1.98. The molecule has 4 heteroatoms. The summed E-state index contributed by atoms with van der Waals surface area (Å²) in [5.41, 5.74) is 8.80. The first-order valence-corrected chi connectivity index (χ1v) is 6.57. The van der Waals surface area contributed by atoms with E-state index < -0.39 is 0 Å². The van der Waals surface area contributed by atoms with Crippen molar-refractivity contribution in [3.8, 4) is 5.75 Å². The molecule has 102 valence electrons. The quantitative estimate of drug-likeness (QED) is 0.898. The summed E-state index contributed by atoms with van der Waals surface area (Å²) in [4.78, 5) is 0. The topological polar surface area (TPSA) is 53.1 Å². The van der Waals surface area contributed by atoms with Gasteiger partial charge in [0.15, 0.2) is 0 Å². The molecule has 0 saturated heterocycles. The Morgan fingerprint density at radius 2 is 2.11 bits per heavy atom. The summed E-state index contributed by atoms with van der Waals surface area (Å²) in [6.45, 7) is 7.19. The molecular weight excluding hydrogens is 238 g/mol. The molecule has 0 aliphatic rings. The Morgan fingerprint density at radius 3 is 2.74 bits per heavy atom. The minimum Gasteiger partial charge on any atom is -0.487 e. The molecule has 0 aliphatic heterocycles. The number of rotatable bonds is 5. The summed E-state index contributed by atoms with van der Waals surface area (Å²) >= 11 is 0. The fraction of sp³-hybridized carbons (Fsp3) is 0.400. The van der Waals surface area contributed by atoms with E-state index in [4.69, 9.17) is 10.5 Å². The van der Waals surface area contributed by atoms with Crippen molar-refractivity contribution in [2.24, 2.45) is 5.73 Å². The van der Waals surface area contributed by atoms with Crippen molar-refractivity contribution in [2.45, 2.75) is 40.0 Å². The van der Waals surface area contributed by atoms with Crippen molar-refractivity contribution in [3.63, 3.8) is 0 Å². The van der Waals surface area contributed by atoms with E-state index in [1.165, 1.54) is 0 Å². The van der Waals surface area contributed by atoms with Gasteiger partial charge in [0.2, 0.25) is 0 Å². The first kappa shape index (κ1) is 13.6. The molecule has 2 rings (SSSR count). The smallest absolute Gasteiger partial charge is 0.132 e. The fourth-order valence-electron chi connectivity index (χ4n) is 1.97. The molecule has 0 amide bonds. The Hall–Kier alpha value is -1.81. The van der Waals surface area contributed by atoms with E-state index in [1.54, 1.807) is 0 Å². The van der Waals surface area contributed by atoms with Crippen LogP contribution in [0, 0.1) is 6.92 Å². The third-order valence-corrected chi connectivity index (χ3v) is 3.07. The minimum atomic E-state index is 0.367. The Labute approximate surface area is 114 Å². The highest BCUT2D eigenvalue weighted by molar-refractivity contribution is 5.40. The molecule has 0 saturated carbocycles. The van der Waals surface area contributed by atoms with Gasteiger partial charge in [-0.2, -0.15) is 5.10 Å². The molecule has 0 bridgehead atoms. The number of nitrogens with two attached hydrogens (primary N) is 1. The highest BCUT2D eigenvalue weighted by Gasteiger charge is 2.07. The largest absolute Gasteiger partial charge is 0.487 e. The summed E-state index contributed by atoms with van der Waals surface area (Å²) in [7, 11) is 0. The molecule has 1 heterocycles. The van der Waals surface area contributed by atoms with Crippen molar-refractivity contribution < 1.29 is 4.74 Å². The summed E-state index contributed by atoms with van der Waals surface area (Å²) < 4.78 is 7.81. The second kappa shape index (κ2) is 5.89. The molecule has 2 aromatic rings. The molecule has 1 aromatic carbocycles. The number of hydrogen-bond acceptors (Lipinski definition) is 3. The third kappa shape index (κ3) is 3.15. The Kier molecular flexibility index (Phi) is 4.22. The lowest BCUT2D eigenvalue weighted by Gasteiger charge is -2.12. The standard InChI is InChI=1S/C15H21N3O/c1-11(2)18-8-7-14(17-18)10-19-15-12(3)5-4-6-13(15)9-16/h4-8,11H,9-10,16H2,1-3H3. The van der Waals surface area contributed by atoms with Crippen molar-refractivity contribution in [1.82, 2.24) is 9.78 Å². The first-order chi connectivity index (χ1) is 9.11. The SMILES string of the molecule is Cc1cccc(CN)c1OCc1ccn(C(C)C)n1. The molecule has 19 heavy (non-hydrogen) atoms. The van der Waals surface area contributed by atoms with E-state index in [-0.39, 0.29) is 0 Å². The zero-order chi connectivity index (χ0) is 13.8. The van der Waals surface area contributed by atoms with Gasteiger partial charge in [0.1, 0.15) is 12.4 Å². The van der Waals surface area contributed by atoms with E-state index >= 15 is 0 Å². The van der Waals surface area contributed by atoms with Crippen molar-refractivity contribution in [1.29, 1.82) is 0 Å². The number of hydrogen-bond donors (Lipinski definition) is 1. The molecule has 2 N–H and O–H groups in total. The lowest BCUT2D eigenvalue weighted by atomic mass is 10.1. The maximum Gasteiger partial charge on any atom is 0.132 e. The van der Waals surface area contributed by atoms with Gasteiger partial charge in [-0.25, -0.2) is 0 Å². The molecular formula is C15H21N3O. The van der Waals surface area contributed by atoms with Crippen molar-refractivity contribution >= 4 is 0 Å². The third-order valence-electron chi connectivity index (χ3n) is 3.07. The number of aryl methyl sites for hydroxylation is 1. The molecule has 0 unspecified atom stereocenters. The normalized spacial score (nSPS) is 11.0. The number of para-hydroxylation sites is 1. The van der Waals surface area contributed by atoms with Gasteiger partial charge < -0.3 is 10.5 Å². The number of aromatic nitrogens is 2. The van der Waals surface area contributed by atoms with Crippen LogP contribution in [-0.2, 0) is 13.2 Å². The van der Waals surface area contributed by atoms with Gasteiger partial charge in [-0.1, -0.05) is 18.2 Å². The van der Waals surface area contributed by atoms with Crippen LogP contribution in [0.5, 0.6) is 5.75 Å². The van der Waals surface area contributed by atoms with Crippen LogP contribution in [0.4, 0.5) is 0 Å². The van der Waals surface area contributed by atoms with Gasteiger partial charge in [0.05, 0.1) is 5.69 Å². The van der Waals surface area contributed by atoms with Gasteiger partial charge >= 0.3 is 0 Å². The van der Waals surface area contributed by atoms with Crippen molar-refractivity contribution in [2.75, 3.05) is 0 Å². The van der Waals surface area contributed by atoms with Gasteiger partial charge in [-0.05, 0) is 32.4 Å². The predicted octanol–water partition coefficient (Wildman–Crippen LogP) is 2.81. The maximum atomic E-state index is 5.88. The summed E-state index contributed by atoms with van der Waals surface area (Å²) in [5, 5.41) is 4.47. The van der Waals surface area contributed by atoms with E-state index in [2.05, 4.69) is 18.9 Å². The van der Waals surface area contributed by atoms with Gasteiger partial charge in [0, 0.05) is 24.3 Å². The van der Waals surface area contributed by atoms with Crippen LogP contribution in [0.15, 0.2) is 30.5 Å². The van der Waals surface area contributed by atoms with Crippen LogP contribution in [0.2, 0.25) is 0 Å². The highest BCUT2D eigenvalue weighted by atomic mass is 16.5. The number of ether oxygens (including phenoxy) is 1. The first-order valence-electron chi connectivity index (χ1n) is 6.57. The average molecular weight is 259 g/mol. The Bertz CT molecular complexity index is 546. The van der Waals surface area contributed by atoms with Crippen LogP contribution in [0.1, 0.15) is 36.7 Å². The van der Waals surface area contributed by atoms with Gasteiger partial charge in [-0.3, -0.25) is 4.68 Å². The van der Waals surface area contributed by atoms with Crippen LogP contribution in [-0.4, -0.2) is 9.78 Å².